The van der Waals surface area contributed by atoms with E-state index in [0.29, 0.717) is 0 Å². The Morgan fingerprint density at radius 3 is 2.69 bits per heavy atom. The highest BCUT2D eigenvalue weighted by molar-refractivity contribution is 7.89. The lowest BCUT2D eigenvalue weighted by Gasteiger charge is -2.23. The number of nitrogens with zero attached hydrogens (tertiary/aromatic N) is 2. The minimum absolute atomic E-state index is 0.0445. The first-order valence-electron chi connectivity index (χ1n) is 4.99. The summed E-state index contributed by atoms with van der Waals surface area (Å²) in [6.07, 6.45) is 2.15. The molecule has 0 aliphatic carbocycles. The minimum atomic E-state index is -3.46. The molecule has 1 atom stereocenters. The molecule has 90 valence electrons. The molecular formula is C10H15ClN2O2S. The van der Waals surface area contributed by atoms with Crippen molar-refractivity contribution in [3.05, 3.63) is 23.5 Å². The highest BCUT2D eigenvalue weighted by atomic mass is 35.5. The normalized spacial score (nSPS) is 14.1. The molecule has 0 aliphatic rings. The number of rotatable bonds is 4. The van der Waals surface area contributed by atoms with Crippen molar-refractivity contribution in [2.75, 3.05) is 7.05 Å². The third-order valence-electron chi connectivity index (χ3n) is 2.59. The molecule has 4 nitrogen and oxygen atoms in total. The van der Waals surface area contributed by atoms with E-state index < -0.39 is 10.0 Å². The van der Waals surface area contributed by atoms with E-state index in [-0.39, 0.29) is 16.1 Å². The average Bonchev–Trinajstić information content (AvgIpc) is 2.27. The Morgan fingerprint density at radius 1 is 1.56 bits per heavy atom. The first-order valence-corrected chi connectivity index (χ1v) is 6.81. The number of sulfonamides is 1. The van der Waals surface area contributed by atoms with Crippen LogP contribution in [-0.4, -0.2) is 30.8 Å². The van der Waals surface area contributed by atoms with Gasteiger partial charge in [-0.1, -0.05) is 18.5 Å². The van der Waals surface area contributed by atoms with Crippen LogP contribution < -0.4 is 0 Å². The number of pyridine rings is 1. The second-order valence-electron chi connectivity index (χ2n) is 3.59. The first-order chi connectivity index (χ1) is 7.39. The van der Waals surface area contributed by atoms with Gasteiger partial charge in [-0.3, -0.25) is 0 Å². The van der Waals surface area contributed by atoms with Gasteiger partial charge in [-0.05, 0) is 25.5 Å². The van der Waals surface area contributed by atoms with Crippen LogP contribution in [0.1, 0.15) is 20.3 Å². The summed E-state index contributed by atoms with van der Waals surface area (Å²) in [7, 11) is -1.90. The zero-order valence-corrected chi connectivity index (χ0v) is 11.1. The van der Waals surface area contributed by atoms with Gasteiger partial charge in [0.1, 0.15) is 5.15 Å². The van der Waals surface area contributed by atoms with Crippen molar-refractivity contribution in [3.63, 3.8) is 0 Å². The summed E-state index contributed by atoms with van der Waals surface area (Å²) >= 11 is 5.67. The van der Waals surface area contributed by atoms with E-state index in [1.54, 1.807) is 7.05 Å². The van der Waals surface area contributed by atoms with Crippen molar-refractivity contribution >= 4 is 21.6 Å². The largest absolute Gasteiger partial charge is 0.244 e. The molecule has 16 heavy (non-hydrogen) atoms. The Kier molecular flexibility index (Phi) is 4.29. The van der Waals surface area contributed by atoms with Gasteiger partial charge in [0, 0.05) is 19.3 Å². The third-order valence-corrected chi connectivity index (χ3v) is 4.76. The summed E-state index contributed by atoms with van der Waals surface area (Å²) in [5.41, 5.74) is 0. The van der Waals surface area contributed by atoms with Crippen molar-refractivity contribution in [2.45, 2.75) is 31.2 Å². The zero-order valence-electron chi connectivity index (χ0n) is 9.51. The van der Waals surface area contributed by atoms with Crippen LogP contribution in [0.5, 0.6) is 0 Å². The maximum atomic E-state index is 12.1. The molecule has 0 aliphatic heterocycles. The number of halogens is 1. The fraction of sp³-hybridized carbons (Fsp3) is 0.500. The SMILES string of the molecule is CCC(C)N(C)S(=O)(=O)c1ccnc(Cl)c1. The summed E-state index contributed by atoms with van der Waals surface area (Å²) in [6, 6.07) is 2.76. The molecule has 0 spiro atoms. The molecule has 0 aromatic carbocycles. The van der Waals surface area contributed by atoms with Gasteiger partial charge in [-0.2, -0.15) is 4.31 Å². The van der Waals surface area contributed by atoms with E-state index >= 15 is 0 Å². The Hall–Kier alpha value is -0.650. The quantitative estimate of drug-likeness (QED) is 0.782. The fourth-order valence-electron chi connectivity index (χ4n) is 1.21. The molecule has 0 amide bonds. The van der Waals surface area contributed by atoms with Crippen molar-refractivity contribution in [2.24, 2.45) is 0 Å². The monoisotopic (exact) mass is 262 g/mol. The van der Waals surface area contributed by atoms with Gasteiger partial charge < -0.3 is 0 Å². The molecule has 0 radical (unpaired) electrons. The van der Waals surface area contributed by atoms with Crippen molar-refractivity contribution in [1.29, 1.82) is 0 Å². The van der Waals surface area contributed by atoms with Crippen molar-refractivity contribution < 1.29 is 8.42 Å². The second kappa shape index (κ2) is 5.12. The van der Waals surface area contributed by atoms with Crippen molar-refractivity contribution in [1.82, 2.24) is 9.29 Å². The molecule has 0 bridgehead atoms. The van der Waals surface area contributed by atoms with E-state index in [0.717, 1.165) is 6.42 Å². The zero-order chi connectivity index (χ0) is 12.3. The van der Waals surface area contributed by atoms with E-state index in [1.807, 2.05) is 13.8 Å². The molecule has 0 saturated heterocycles. The van der Waals surface area contributed by atoms with Crippen LogP contribution in [0.4, 0.5) is 0 Å². The molecule has 0 fully saturated rings. The summed E-state index contributed by atoms with van der Waals surface area (Å²) in [5.74, 6) is 0. The lowest BCUT2D eigenvalue weighted by molar-refractivity contribution is 0.380. The minimum Gasteiger partial charge on any atom is -0.244 e. The Balaban J connectivity index is 3.12. The number of hydrogen-bond donors (Lipinski definition) is 0. The highest BCUT2D eigenvalue weighted by Crippen LogP contribution is 2.19. The van der Waals surface area contributed by atoms with Crippen LogP contribution in [0.3, 0.4) is 0 Å². The van der Waals surface area contributed by atoms with Gasteiger partial charge in [0.15, 0.2) is 0 Å². The van der Waals surface area contributed by atoms with Gasteiger partial charge in [0.25, 0.3) is 0 Å². The average molecular weight is 263 g/mol. The molecule has 1 heterocycles. The predicted octanol–water partition coefficient (Wildman–Crippen LogP) is 2.15. The molecule has 1 unspecified atom stereocenters. The van der Waals surface area contributed by atoms with Gasteiger partial charge in [0.2, 0.25) is 10.0 Å². The summed E-state index contributed by atoms with van der Waals surface area (Å²) in [4.78, 5) is 3.94. The highest BCUT2D eigenvalue weighted by Gasteiger charge is 2.24. The van der Waals surface area contributed by atoms with Crippen LogP contribution >= 0.6 is 11.6 Å². The maximum Gasteiger partial charge on any atom is 0.243 e. The maximum absolute atomic E-state index is 12.1. The van der Waals surface area contributed by atoms with Crippen LogP contribution in [0.2, 0.25) is 5.15 Å². The topological polar surface area (TPSA) is 50.3 Å². The molecule has 0 N–H and O–H groups in total. The molecule has 6 heteroatoms. The van der Waals surface area contributed by atoms with Crippen LogP contribution in [-0.2, 0) is 10.0 Å². The van der Waals surface area contributed by atoms with Crippen LogP contribution in [0.15, 0.2) is 23.2 Å². The van der Waals surface area contributed by atoms with Gasteiger partial charge >= 0.3 is 0 Å². The third kappa shape index (κ3) is 2.72. The van der Waals surface area contributed by atoms with E-state index in [4.69, 9.17) is 11.6 Å². The molecule has 1 rings (SSSR count). The second-order valence-corrected chi connectivity index (χ2v) is 5.98. The van der Waals surface area contributed by atoms with Gasteiger partial charge in [0.05, 0.1) is 4.90 Å². The Bertz CT molecular complexity index is 462. The van der Waals surface area contributed by atoms with E-state index in [9.17, 15) is 8.42 Å². The Morgan fingerprint density at radius 2 is 2.19 bits per heavy atom. The van der Waals surface area contributed by atoms with Gasteiger partial charge in [-0.25, -0.2) is 13.4 Å². The summed E-state index contributed by atoms with van der Waals surface area (Å²) in [5, 5.41) is 0.179. The Labute approximate surface area is 101 Å². The standard InChI is InChI=1S/C10H15ClN2O2S/c1-4-8(2)13(3)16(14,15)9-5-6-12-10(11)7-9/h5-8H,4H2,1-3H3. The molecular weight excluding hydrogens is 248 g/mol. The molecule has 1 aromatic heterocycles. The smallest absolute Gasteiger partial charge is 0.243 e. The van der Waals surface area contributed by atoms with E-state index in [1.165, 1.54) is 22.6 Å². The lowest BCUT2D eigenvalue weighted by Crippen LogP contribution is -2.34. The molecule has 0 saturated carbocycles. The summed E-state index contributed by atoms with van der Waals surface area (Å²) in [6.45, 7) is 3.80. The number of hydrogen-bond acceptors (Lipinski definition) is 3. The van der Waals surface area contributed by atoms with Crippen LogP contribution in [0, 0.1) is 0 Å². The summed E-state index contributed by atoms with van der Waals surface area (Å²) < 4.78 is 25.6. The van der Waals surface area contributed by atoms with E-state index in [2.05, 4.69) is 4.98 Å². The van der Waals surface area contributed by atoms with Crippen molar-refractivity contribution in [3.8, 4) is 0 Å². The van der Waals surface area contributed by atoms with Gasteiger partial charge in [-0.15, -0.1) is 0 Å². The number of aromatic nitrogens is 1. The fourth-order valence-corrected chi connectivity index (χ4v) is 2.89. The predicted molar refractivity (Wildman–Crippen MR) is 63.9 cm³/mol. The van der Waals surface area contributed by atoms with Crippen LogP contribution in [0.25, 0.3) is 0 Å². The first kappa shape index (κ1) is 13.4. The molecule has 1 aromatic rings. The lowest BCUT2D eigenvalue weighted by atomic mass is 10.3.